The molecule has 35 heavy (non-hydrogen) atoms. The zero-order chi connectivity index (χ0) is 24.4. The van der Waals surface area contributed by atoms with Crippen LogP contribution in [0.4, 0.5) is 11.5 Å². The zero-order valence-corrected chi connectivity index (χ0v) is 20.7. The van der Waals surface area contributed by atoms with E-state index in [1.54, 1.807) is 36.8 Å². The van der Waals surface area contributed by atoms with Crippen LogP contribution in [0.2, 0.25) is 0 Å². The molecule has 1 aliphatic carbocycles. The molecule has 3 heterocycles. The summed E-state index contributed by atoms with van der Waals surface area (Å²) < 4.78 is 10.8. The second kappa shape index (κ2) is 10.3. The first-order chi connectivity index (χ1) is 17.1. The average molecular weight is 496 g/mol. The number of hydrogen-bond acceptors (Lipinski definition) is 9. The van der Waals surface area contributed by atoms with E-state index in [1.807, 2.05) is 18.3 Å². The summed E-state index contributed by atoms with van der Waals surface area (Å²) in [5.41, 5.74) is 4.27. The second-order valence-corrected chi connectivity index (χ2v) is 9.82. The molecule has 1 aliphatic heterocycles. The van der Waals surface area contributed by atoms with E-state index in [9.17, 15) is 9.90 Å². The van der Waals surface area contributed by atoms with Gasteiger partial charge in [-0.25, -0.2) is 9.97 Å². The molecule has 1 amide bonds. The number of ether oxygens (including phenoxy) is 2. The molecule has 0 bridgehead atoms. The quantitative estimate of drug-likeness (QED) is 0.470. The Hall–Kier alpha value is -3.08. The van der Waals surface area contributed by atoms with Crippen molar-refractivity contribution in [1.82, 2.24) is 14.9 Å². The van der Waals surface area contributed by atoms with Gasteiger partial charge < -0.3 is 24.8 Å². The van der Waals surface area contributed by atoms with Crippen molar-refractivity contribution in [2.24, 2.45) is 10.9 Å². The Morgan fingerprint density at radius 1 is 1.29 bits per heavy atom. The lowest BCUT2D eigenvalue weighted by Crippen LogP contribution is -2.41. The fourth-order valence-electron chi connectivity index (χ4n) is 4.86. The van der Waals surface area contributed by atoms with Crippen LogP contribution in [0.15, 0.2) is 23.5 Å². The number of carbonyl (C=O) groups excluding carboxylic acids is 1. The third-order valence-electron chi connectivity index (χ3n) is 6.65. The summed E-state index contributed by atoms with van der Waals surface area (Å²) in [6.07, 6.45) is 5.65. The first kappa shape index (κ1) is 23.7. The standard InChI is InChI=1S/C25H29N5O4S/c1-33-8-6-30(5-7-31)25(32)15-3-4-18-21(11-15)35-24-22(18)23(27-14-28-24)29-19-9-16-12-26-13-17(16)10-20(19)34-2/h9-10,12,14-15,31H,3-8,11,13H2,1-2H3,(H,27,28,29)/t15-/m1/s1. The van der Waals surface area contributed by atoms with Crippen molar-refractivity contribution in [3.63, 3.8) is 0 Å². The van der Waals surface area contributed by atoms with Crippen LogP contribution in [0.1, 0.15) is 28.0 Å². The van der Waals surface area contributed by atoms with Gasteiger partial charge in [-0.2, -0.15) is 0 Å². The highest BCUT2D eigenvalue weighted by molar-refractivity contribution is 7.19. The number of thiophene rings is 1. The summed E-state index contributed by atoms with van der Waals surface area (Å²) in [7, 11) is 3.28. The van der Waals surface area contributed by atoms with Crippen LogP contribution >= 0.6 is 11.3 Å². The maximum absolute atomic E-state index is 13.2. The van der Waals surface area contributed by atoms with Gasteiger partial charge in [0.2, 0.25) is 5.91 Å². The normalized spacial score (nSPS) is 16.3. The van der Waals surface area contributed by atoms with Crippen molar-refractivity contribution in [2.45, 2.75) is 25.8 Å². The number of rotatable bonds is 9. The van der Waals surface area contributed by atoms with Crippen molar-refractivity contribution in [3.05, 3.63) is 40.0 Å². The number of nitrogens with one attached hydrogen (secondary N) is 1. The van der Waals surface area contributed by atoms with Crippen molar-refractivity contribution < 1.29 is 19.4 Å². The molecule has 0 spiro atoms. The van der Waals surface area contributed by atoms with Crippen LogP contribution in [0.5, 0.6) is 5.75 Å². The van der Waals surface area contributed by atoms with Gasteiger partial charge in [-0.3, -0.25) is 9.79 Å². The van der Waals surface area contributed by atoms with Crippen LogP contribution in [0.3, 0.4) is 0 Å². The molecule has 2 N–H and O–H groups in total. The fourth-order valence-corrected chi connectivity index (χ4v) is 6.13. The number of carbonyl (C=O) groups is 1. The van der Waals surface area contributed by atoms with Crippen LogP contribution in [-0.2, 0) is 28.9 Å². The van der Waals surface area contributed by atoms with E-state index in [0.717, 1.165) is 51.4 Å². The van der Waals surface area contributed by atoms with E-state index in [0.29, 0.717) is 32.7 Å². The predicted molar refractivity (Wildman–Crippen MR) is 136 cm³/mol. The Morgan fingerprint density at radius 3 is 2.97 bits per heavy atom. The maximum Gasteiger partial charge on any atom is 0.226 e. The molecule has 1 aromatic carbocycles. The van der Waals surface area contributed by atoms with Gasteiger partial charge in [0, 0.05) is 37.2 Å². The van der Waals surface area contributed by atoms with E-state index in [2.05, 4.69) is 20.3 Å². The number of aliphatic hydroxyl groups is 1. The molecular formula is C25H29N5O4S. The number of aryl methyl sites for hydroxylation is 1. The number of aromatic nitrogens is 2. The predicted octanol–water partition coefficient (Wildman–Crippen LogP) is 2.95. The Balaban J connectivity index is 1.43. The molecular weight excluding hydrogens is 466 g/mol. The van der Waals surface area contributed by atoms with Gasteiger partial charge >= 0.3 is 0 Å². The highest BCUT2D eigenvalue weighted by atomic mass is 32.1. The van der Waals surface area contributed by atoms with E-state index in [1.165, 1.54) is 10.4 Å². The number of fused-ring (bicyclic) bond motifs is 4. The summed E-state index contributed by atoms with van der Waals surface area (Å²) in [5.74, 6) is 1.45. The summed E-state index contributed by atoms with van der Waals surface area (Å²) in [5, 5.41) is 13.9. The number of benzene rings is 1. The minimum absolute atomic E-state index is 0.0566. The van der Waals surface area contributed by atoms with Crippen LogP contribution in [-0.4, -0.2) is 72.6 Å². The number of methoxy groups -OCH3 is 2. The monoisotopic (exact) mass is 495 g/mol. The minimum Gasteiger partial charge on any atom is -0.495 e. The number of nitrogens with zero attached hydrogens (tertiary/aromatic N) is 4. The molecule has 5 rings (SSSR count). The number of anilines is 2. The number of aliphatic hydroxyl groups excluding tert-OH is 1. The Kier molecular flexibility index (Phi) is 6.94. The molecule has 0 saturated carbocycles. The third-order valence-corrected chi connectivity index (χ3v) is 7.81. The van der Waals surface area contributed by atoms with Crippen LogP contribution in [0.25, 0.3) is 10.2 Å². The summed E-state index contributed by atoms with van der Waals surface area (Å²) in [4.78, 5) is 30.4. The smallest absolute Gasteiger partial charge is 0.226 e. The molecule has 9 nitrogen and oxygen atoms in total. The number of hydrogen-bond donors (Lipinski definition) is 2. The van der Waals surface area contributed by atoms with Gasteiger partial charge in [-0.15, -0.1) is 11.3 Å². The molecule has 2 aliphatic rings. The van der Waals surface area contributed by atoms with Crippen LogP contribution in [0, 0.1) is 5.92 Å². The second-order valence-electron chi connectivity index (χ2n) is 8.73. The molecule has 0 fully saturated rings. The van der Waals surface area contributed by atoms with Gasteiger partial charge in [-0.1, -0.05) is 0 Å². The Bertz CT molecular complexity index is 1270. The van der Waals surface area contributed by atoms with Gasteiger partial charge in [-0.05, 0) is 48.1 Å². The maximum atomic E-state index is 13.2. The SMILES string of the molecule is COCCN(CCO)C(=O)[C@@H]1CCc2c(sc3ncnc(Nc4cc5c(cc4OC)CN=C5)c23)C1. The Morgan fingerprint density at radius 2 is 2.17 bits per heavy atom. The zero-order valence-electron chi connectivity index (χ0n) is 19.9. The first-order valence-electron chi connectivity index (χ1n) is 11.7. The molecule has 0 saturated heterocycles. The average Bonchev–Trinajstić information content (AvgIpc) is 3.49. The number of amides is 1. The summed E-state index contributed by atoms with van der Waals surface area (Å²) >= 11 is 1.63. The van der Waals surface area contributed by atoms with Crippen molar-refractivity contribution >= 4 is 45.2 Å². The first-order valence-corrected chi connectivity index (χ1v) is 12.6. The molecule has 0 radical (unpaired) electrons. The molecule has 2 aromatic heterocycles. The molecule has 0 unspecified atom stereocenters. The molecule has 10 heteroatoms. The lowest BCUT2D eigenvalue weighted by atomic mass is 9.86. The largest absolute Gasteiger partial charge is 0.495 e. The van der Waals surface area contributed by atoms with E-state index < -0.39 is 0 Å². The molecule has 1 atom stereocenters. The third kappa shape index (κ3) is 4.61. The van der Waals surface area contributed by atoms with Crippen molar-refractivity contribution in [1.29, 1.82) is 0 Å². The fraction of sp³-hybridized carbons (Fsp3) is 0.440. The van der Waals surface area contributed by atoms with E-state index in [-0.39, 0.29) is 18.4 Å². The lowest BCUT2D eigenvalue weighted by molar-refractivity contribution is -0.137. The topological polar surface area (TPSA) is 109 Å². The summed E-state index contributed by atoms with van der Waals surface area (Å²) in [6.45, 7) is 1.88. The van der Waals surface area contributed by atoms with Gasteiger partial charge in [0.25, 0.3) is 0 Å². The van der Waals surface area contributed by atoms with E-state index >= 15 is 0 Å². The minimum atomic E-state index is -0.112. The van der Waals surface area contributed by atoms with Crippen molar-refractivity contribution in [3.8, 4) is 5.75 Å². The van der Waals surface area contributed by atoms with Gasteiger partial charge in [0.1, 0.15) is 22.7 Å². The molecule has 184 valence electrons. The molecule has 3 aromatic rings. The van der Waals surface area contributed by atoms with E-state index in [4.69, 9.17) is 9.47 Å². The van der Waals surface area contributed by atoms with Gasteiger partial charge in [0.15, 0.2) is 0 Å². The number of aliphatic imine (C=N–C) groups is 1. The highest BCUT2D eigenvalue weighted by Gasteiger charge is 2.31. The highest BCUT2D eigenvalue weighted by Crippen LogP contribution is 2.42. The Labute approximate surface area is 207 Å². The van der Waals surface area contributed by atoms with Crippen LogP contribution < -0.4 is 10.1 Å². The van der Waals surface area contributed by atoms with Crippen molar-refractivity contribution in [2.75, 3.05) is 45.8 Å². The van der Waals surface area contributed by atoms with Gasteiger partial charge in [0.05, 0.1) is 37.9 Å². The summed E-state index contributed by atoms with van der Waals surface area (Å²) in [6, 6.07) is 4.06. The lowest BCUT2D eigenvalue weighted by Gasteiger charge is -2.29.